The number of rotatable bonds is 4. The first-order valence-electron chi connectivity index (χ1n) is 7.50. The van der Waals surface area contributed by atoms with E-state index in [9.17, 15) is 8.42 Å². The molecule has 0 radical (unpaired) electrons. The van der Waals surface area contributed by atoms with Crippen LogP contribution in [0.4, 0.5) is 0 Å². The van der Waals surface area contributed by atoms with Crippen LogP contribution >= 0.6 is 0 Å². The van der Waals surface area contributed by atoms with Crippen molar-refractivity contribution in [3.8, 4) is 0 Å². The predicted octanol–water partition coefficient (Wildman–Crippen LogP) is 0.592. The van der Waals surface area contributed by atoms with Crippen LogP contribution < -0.4 is 10.5 Å². The molecule has 0 spiro atoms. The van der Waals surface area contributed by atoms with E-state index in [2.05, 4.69) is 4.72 Å². The third-order valence-corrected chi connectivity index (χ3v) is 5.67. The zero-order chi connectivity index (χ0) is 14.8. The van der Waals surface area contributed by atoms with Crippen LogP contribution in [0.3, 0.4) is 0 Å². The molecule has 0 bridgehead atoms. The molecule has 3 N–H and O–H groups in total. The number of nitrogens with one attached hydrogen (secondary N) is 1. The molecule has 7 heteroatoms. The average molecular weight is 305 g/mol. The van der Waals surface area contributed by atoms with Crippen molar-refractivity contribution in [3.63, 3.8) is 0 Å². The smallest absolute Gasteiger partial charge is 0.279 e. The van der Waals surface area contributed by atoms with E-state index >= 15 is 0 Å². The summed E-state index contributed by atoms with van der Waals surface area (Å²) < 4.78 is 34.5. The second kappa shape index (κ2) is 6.27. The third-order valence-electron chi connectivity index (χ3n) is 4.18. The van der Waals surface area contributed by atoms with Gasteiger partial charge in [-0.3, -0.25) is 0 Å². The molecule has 0 aromatic rings. The summed E-state index contributed by atoms with van der Waals surface area (Å²) in [5.41, 5.74) is 5.90. The van der Waals surface area contributed by atoms with Crippen LogP contribution in [0.2, 0.25) is 0 Å². The Bertz CT molecular complexity index is 411. The number of nitrogens with zero attached hydrogens (tertiary/aromatic N) is 1. The Kier molecular flexibility index (Phi) is 5.07. The molecule has 2 atom stereocenters. The van der Waals surface area contributed by atoms with E-state index in [0.29, 0.717) is 19.6 Å². The third kappa shape index (κ3) is 4.14. The second-order valence-corrected chi connectivity index (χ2v) is 8.08. The summed E-state index contributed by atoms with van der Waals surface area (Å²) in [6.07, 6.45) is 5.02. The first-order valence-corrected chi connectivity index (χ1v) is 8.94. The number of ether oxygens (including phenoxy) is 1. The topological polar surface area (TPSA) is 84.7 Å². The van der Waals surface area contributed by atoms with Gasteiger partial charge in [0, 0.05) is 25.2 Å². The normalized spacial score (nSPS) is 32.1. The van der Waals surface area contributed by atoms with Crippen LogP contribution in [0.15, 0.2) is 0 Å². The van der Waals surface area contributed by atoms with Crippen LogP contribution in [0.1, 0.15) is 46.0 Å². The van der Waals surface area contributed by atoms with Gasteiger partial charge in [-0.05, 0) is 26.7 Å². The van der Waals surface area contributed by atoms with Gasteiger partial charge in [0.05, 0.1) is 12.2 Å². The van der Waals surface area contributed by atoms with E-state index in [1.165, 1.54) is 10.7 Å². The lowest BCUT2D eigenvalue weighted by Gasteiger charge is -2.37. The van der Waals surface area contributed by atoms with Crippen molar-refractivity contribution in [1.82, 2.24) is 9.03 Å². The van der Waals surface area contributed by atoms with E-state index in [4.69, 9.17) is 10.5 Å². The van der Waals surface area contributed by atoms with Crippen molar-refractivity contribution in [2.45, 2.75) is 63.7 Å². The van der Waals surface area contributed by atoms with Crippen molar-refractivity contribution >= 4 is 10.2 Å². The summed E-state index contributed by atoms with van der Waals surface area (Å²) >= 11 is 0. The Morgan fingerprint density at radius 1 is 1.20 bits per heavy atom. The first-order chi connectivity index (χ1) is 9.31. The number of morpholine rings is 1. The average Bonchev–Trinajstić information content (AvgIpc) is 2.37. The first kappa shape index (κ1) is 16.2. The molecule has 2 rings (SSSR count). The van der Waals surface area contributed by atoms with Gasteiger partial charge in [0.1, 0.15) is 0 Å². The van der Waals surface area contributed by atoms with Gasteiger partial charge in [0.15, 0.2) is 0 Å². The lowest BCUT2D eigenvalue weighted by Crippen LogP contribution is -2.56. The Hall–Kier alpha value is -0.210. The minimum atomic E-state index is -3.46. The molecule has 1 heterocycles. The Morgan fingerprint density at radius 2 is 1.75 bits per heavy atom. The van der Waals surface area contributed by atoms with Crippen molar-refractivity contribution < 1.29 is 13.2 Å². The van der Waals surface area contributed by atoms with Crippen molar-refractivity contribution in [1.29, 1.82) is 0 Å². The minimum absolute atomic E-state index is 0.0724. The summed E-state index contributed by atoms with van der Waals surface area (Å²) in [7, 11) is -3.46. The molecule has 2 unspecified atom stereocenters. The Labute approximate surface area is 122 Å². The molecule has 0 aromatic heterocycles. The standard InChI is InChI=1S/C13H27N3O3S/c1-11-8-16(9-12(2)19-11)20(17,18)15-10-13(14)6-4-3-5-7-13/h11-12,15H,3-10,14H2,1-2H3. The van der Waals surface area contributed by atoms with Gasteiger partial charge in [-0.2, -0.15) is 12.7 Å². The molecule has 6 nitrogen and oxygen atoms in total. The summed E-state index contributed by atoms with van der Waals surface area (Å²) in [6, 6.07) is 0. The molecule has 1 aliphatic heterocycles. The second-order valence-electron chi connectivity index (χ2n) is 6.32. The maximum atomic E-state index is 12.4. The molecule has 2 fully saturated rings. The van der Waals surface area contributed by atoms with E-state index in [1.807, 2.05) is 13.8 Å². The molecule has 2 aliphatic rings. The van der Waals surface area contributed by atoms with Crippen molar-refractivity contribution in [2.75, 3.05) is 19.6 Å². The summed E-state index contributed by atoms with van der Waals surface area (Å²) in [5, 5.41) is 0. The van der Waals surface area contributed by atoms with Crippen LogP contribution in [0.25, 0.3) is 0 Å². The Morgan fingerprint density at radius 3 is 2.30 bits per heavy atom. The molecular formula is C13H27N3O3S. The van der Waals surface area contributed by atoms with E-state index in [-0.39, 0.29) is 17.7 Å². The van der Waals surface area contributed by atoms with E-state index in [0.717, 1.165) is 25.7 Å². The number of hydrogen-bond acceptors (Lipinski definition) is 4. The molecule has 1 saturated carbocycles. The van der Waals surface area contributed by atoms with Gasteiger partial charge in [-0.15, -0.1) is 0 Å². The fourth-order valence-corrected chi connectivity index (χ4v) is 4.55. The molecule has 0 amide bonds. The highest BCUT2D eigenvalue weighted by atomic mass is 32.2. The minimum Gasteiger partial charge on any atom is -0.373 e. The monoisotopic (exact) mass is 305 g/mol. The predicted molar refractivity (Wildman–Crippen MR) is 78.5 cm³/mol. The molecule has 20 heavy (non-hydrogen) atoms. The Balaban J connectivity index is 1.93. The molecule has 1 saturated heterocycles. The molecular weight excluding hydrogens is 278 g/mol. The van der Waals surface area contributed by atoms with Gasteiger partial charge >= 0.3 is 0 Å². The van der Waals surface area contributed by atoms with Crippen LogP contribution in [0, 0.1) is 0 Å². The lowest BCUT2D eigenvalue weighted by molar-refractivity contribution is -0.0444. The van der Waals surface area contributed by atoms with Gasteiger partial charge in [0.2, 0.25) is 0 Å². The van der Waals surface area contributed by atoms with Crippen molar-refractivity contribution in [3.05, 3.63) is 0 Å². The summed E-state index contributed by atoms with van der Waals surface area (Å²) in [6.45, 7) is 4.91. The molecule has 118 valence electrons. The number of nitrogens with two attached hydrogens (primary N) is 1. The summed E-state index contributed by atoms with van der Waals surface area (Å²) in [5.74, 6) is 0. The maximum absolute atomic E-state index is 12.4. The fraction of sp³-hybridized carbons (Fsp3) is 1.00. The van der Waals surface area contributed by atoms with E-state index < -0.39 is 10.2 Å². The maximum Gasteiger partial charge on any atom is 0.279 e. The highest BCUT2D eigenvalue weighted by molar-refractivity contribution is 7.87. The van der Waals surface area contributed by atoms with Gasteiger partial charge in [0.25, 0.3) is 10.2 Å². The van der Waals surface area contributed by atoms with Gasteiger partial charge in [-0.25, -0.2) is 4.72 Å². The fourth-order valence-electron chi connectivity index (χ4n) is 3.09. The van der Waals surface area contributed by atoms with Crippen LogP contribution in [-0.4, -0.2) is 50.1 Å². The highest BCUT2D eigenvalue weighted by Gasteiger charge is 2.34. The SMILES string of the molecule is CC1CN(S(=O)(=O)NCC2(N)CCCCC2)CC(C)O1. The van der Waals surface area contributed by atoms with Gasteiger partial charge < -0.3 is 10.5 Å². The van der Waals surface area contributed by atoms with Crippen LogP contribution in [0.5, 0.6) is 0 Å². The highest BCUT2D eigenvalue weighted by Crippen LogP contribution is 2.25. The van der Waals surface area contributed by atoms with Crippen LogP contribution in [-0.2, 0) is 14.9 Å². The zero-order valence-corrected chi connectivity index (χ0v) is 13.3. The van der Waals surface area contributed by atoms with Gasteiger partial charge in [-0.1, -0.05) is 19.3 Å². The number of hydrogen-bond donors (Lipinski definition) is 2. The lowest BCUT2D eigenvalue weighted by atomic mass is 9.83. The van der Waals surface area contributed by atoms with Crippen molar-refractivity contribution in [2.24, 2.45) is 5.73 Å². The largest absolute Gasteiger partial charge is 0.373 e. The molecule has 1 aliphatic carbocycles. The van der Waals surface area contributed by atoms with E-state index in [1.54, 1.807) is 0 Å². The summed E-state index contributed by atoms with van der Waals surface area (Å²) in [4.78, 5) is 0. The zero-order valence-electron chi connectivity index (χ0n) is 12.5. The molecule has 0 aromatic carbocycles. The quantitative estimate of drug-likeness (QED) is 0.796.